The standard InChI is InChI=1S/C16H21F3N4O4/c17-16(18,19)10-21-15(26)22-13(24)9-23-5-3-11(4-6-23)14(25)20-8-12-2-1-7-27-12/h1-2,7,11H,3-6,8-10H2,(H,20,25)(H2,21,22,24,26). The van der Waals surface area contributed by atoms with Crippen LogP contribution in [-0.4, -0.2) is 55.1 Å². The van der Waals surface area contributed by atoms with Crippen molar-refractivity contribution in [2.45, 2.75) is 25.6 Å². The lowest BCUT2D eigenvalue weighted by molar-refractivity contribution is -0.127. The number of carbonyl (C=O) groups is 3. The van der Waals surface area contributed by atoms with Crippen molar-refractivity contribution in [1.29, 1.82) is 0 Å². The first kappa shape index (κ1) is 20.7. The van der Waals surface area contributed by atoms with Crippen LogP contribution in [0.15, 0.2) is 22.8 Å². The molecule has 0 unspecified atom stereocenters. The Morgan fingerprint density at radius 1 is 1.19 bits per heavy atom. The van der Waals surface area contributed by atoms with Gasteiger partial charge in [0.2, 0.25) is 11.8 Å². The fraction of sp³-hybridized carbons (Fsp3) is 0.562. The van der Waals surface area contributed by atoms with Gasteiger partial charge in [-0.3, -0.25) is 19.8 Å². The molecule has 1 fully saturated rings. The molecule has 27 heavy (non-hydrogen) atoms. The van der Waals surface area contributed by atoms with Crippen molar-refractivity contribution in [3.8, 4) is 0 Å². The van der Waals surface area contributed by atoms with Crippen LogP contribution < -0.4 is 16.0 Å². The monoisotopic (exact) mass is 390 g/mol. The van der Waals surface area contributed by atoms with Gasteiger partial charge in [0, 0.05) is 5.92 Å². The van der Waals surface area contributed by atoms with Crippen LogP contribution in [-0.2, 0) is 16.1 Å². The highest BCUT2D eigenvalue weighted by atomic mass is 19.4. The van der Waals surface area contributed by atoms with Crippen molar-refractivity contribution in [2.24, 2.45) is 5.92 Å². The molecule has 0 aliphatic carbocycles. The quantitative estimate of drug-likeness (QED) is 0.672. The van der Waals surface area contributed by atoms with Crippen molar-refractivity contribution >= 4 is 17.8 Å². The largest absolute Gasteiger partial charge is 0.467 e. The number of alkyl halides is 3. The zero-order chi connectivity index (χ0) is 19.9. The zero-order valence-corrected chi connectivity index (χ0v) is 14.5. The highest BCUT2D eigenvalue weighted by Crippen LogP contribution is 2.17. The van der Waals surface area contributed by atoms with E-state index >= 15 is 0 Å². The first-order valence-corrected chi connectivity index (χ1v) is 8.40. The van der Waals surface area contributed by atoms with Crippen molar-refractivity contribution in [2.75, 3.05) is 26.2 Å². The van der Waals surface area contributed by atoms with E-state index in [1.807, 2.05) is 5.32 Å². The topological polar surface area (TPSA) is 104 Å². The lowest BCUT2D eigenvalue weighted by Gasteiger charge is -2.30. The second-order valence-electron chi connectivity index (χ2n) is 6.19. The Kier molecular flexibility index (Phi) is 7.22. The summed E-state index contributed by atoms with van der Waals surface area (Å²) >= 11 is 0. The number of hydrogen-bond donors (Lipinski definition) is 3. The number of nitrogens with zero attached hydrogens (tertiary/aromatic N) is 1. The summed E-state index contributed by atoms with van der Waals surface area (Å²) in [4.78, 5) is 36.8. The summed E-state index contributed by atoms with van der Waals surface area (Å²) in [5.41, 5.74) is 0. The molecule has 4 amide bonds. The van der Waals surface area contributed by atoms with Crippen LogP contribution in [0.4, 0.5) is 18.0 Å². The van der Waals surface area contributed by atoms with Gasteiger partial charge in [0.15, 0.2) is 0 Å². The molecule has 150 valence electrons. The van der Waals surface area contributed by atoms with Crippen LogP contribution >= 0.6 is 0 Å². The van der Waals surface area contributed by atoms with Gasteiger partial charge in [-0.25, -0.2) is 4.79 Å². The summed E-state index contributed by atoms with van der Waals surface area (Å²) in [6, 6.07) is 2.30. The van der Waals surface area contributed by atoms with Gasteiger partial charge in [-0.05, 0) is 38.1 Å². The average Bonchev–Trinajstić information content (AvgIpc) is 3.11. The Bertz CT molecular complexity index is 641. The minimum atomic E-state index is -4.54. The number of carbonyl (C=O) groups excluding carboxylic acids is 3. The smallest absolute Gasteiger partial charge is 0.405 e. The van der Waals surface area contributed by atoms with Gasteiger partial charge in [-0.15, -0.1) is 0 Å². The number of furan rings is 1. The molecule has 1 aliphatic heterocycles. The van der Waals surface area contributed by atoms with Gasteiger partial charge in [0.1, 0.15) is 12.3 Å². The van der Waals surface area contributed by atoms with Crippen LogP contribution in [0, 0.1) is 5.92 Å². The van der Waals surface area contributed by atoms with Crippen molar-refractivity contribution in [1.82, 2.24) is 20.9 Å². The van der Waals surface area contributed by atoms with Gasteiger partial charge in [-0.2, -0.15) is 13.2 Å². The molecule has 3 N–H and O–H groups in total. The molecular weight excluding hydrogens is 369 g/mol. The number of imide groups is 1. The van der Waals surface area contributed by atoms with Gasteiger partial charge in [0.25, 0.3) is 0 Å². The summed E-state index contributed by atoms with van der Waals surface area (Å²) in [7, 11) is 0. The number of nitrogens with one attached hydrogen (secondary N) is 3. The maximum absolute atomic E-state index is 12.1. The zero-order valence-electron chi connectivity index (χ0n) is 14.5. The minimum absolute atomic E-state index is 0.0953. The molecule has 2 rings (SSSR count). The fourth-order valence-corrected chi connectivity index (χ4v) is 2.68. The first-order valence-electron chi connectivity index (χ1n) is 8.40. The van der Waals surface area contributed by atoms with Gasteiger partial charge in [-0.1, -0.05) is 0 Å². The van der Waals surface area contributed by atoms with Crippen LogP contribution in [0.1, 0.15) is 18.6 Å². The molecule has 1 aromatic rings. The van der Waals surface area contributed by atoms with Crippen molar-refractivity contribution < 1.29 is 32.0 Å². The molecule has 2 heterocycles. The third-order valence-electron chi connectivity index (χ3n) is 4.04. The number of likely N-dealkylation sites (tertiary alicyclic amines) is 1. The molecule has 0 saturated carbocycles. The predicted octanol–water partition coefficient (Wildman–Crippen LogP) is 0.996. The normalized spacial score (nSPS) is 16.0. The number of halogens is 3. The van der Waals surface area contributed by atoms with Crippen LogP contribution in [0.3, 0.4) is 0 Å². The predicted molar refractivity (Wildman–Crippen MR) is 87.3 cm³/mol. The lowest BCUT2D eigenvalue weighted by Crippen LogP contribution is -2.48. The van der Waals surface area contributed by atoms with E-state index in [-0.39, 0.29) is 18.4 Å². The van der Waals surface area contributed by atoms with E-state index in [1.165, 1.54) is 6.26 Å². The minimum Gasteiger partial charge on any atom is -0.467 e. The lowest BCUT2D eigenvalue weighted by atomic mass is 9.96. The molecule has 1 aliphatic rings. The number of urea groups is 1. The number of piperidine rings is 1. The Morgan fingerprint density at radius 3 is 2.48 bits per heavy atom. The molecular formula is C16H21F3N4O4. The molecule has 0 atom stereocenters. The van der Waals surface area contributed by atoms with E-state index in [2.05, 4.69) is 5.32 Å². The van der Waals surface area contributed by atoms with Gasteiger partial charge >= 0.3 is 12.2 Å². The molecule has 1 saturated heterocycles. The highest BCUT2D eigenvalue weighted by molar-refractivity contribution is 5.95. The Balaban J connectivity index is 1.64. The first-order chi connectivity index (χ1) is 12.7. The van der Waals surface area contributed by atoms with Crippen LogP contribution in [0.5, 0.6) is 0 Å². The molecule has 0 radical (unpaired) electrons. The average molecular weight is 390 g/mol. The molecule has 0 spiro atoms. The Hall–Kier alpha value is -2.56. The molecule has 0 aromatic carbocycles. The molecule has 1 aromatic heterocycles. The van der Waals surface area contributed by atoms with E-state index < -0.39 is 24.7 Å². The van der Waals surface area contributed by atoms with Crippen molar-refractivity contribution in [3.05, 3.63) is 24.2 Å². The molecule has 8 nitrogen and oxygen atoms in total. The van der Waals surface area contributed by atoms with E-state index in [1.54, 1.807) is 22.3 Å². The summed E-state index contributed by atoms with van der Waals surface area (Å²) in [5, 5.41) is 6.20. The van der Waals surface area contributed by atoms with Crippen LogP contribution in [0.25, 0.3) is 0 Å². The summed E-state index contributed by atoms with van der Waals surface area (Å²) in [5.74, 6) is -0.326. The SMILES string of the molecule is O=C(CN1CCC(C(=O)NCc2ccco2)CC1)NC(=O)NCC(F)(F)F. The third kappa shape index (κ3) is 7.69. The fourth-order valence-electron chi connectivity index (χ4n) is 2.68. The summed E-state index contributed by atoms with van der Waals surface area (Å²) in [6.07, 6.45) is -1.94. The highest BCUT2D eigenvalue weighted by Gasteiger charge is 2.29. The van der Waals surface area contributed by atoms with E-state index in [9.17, 15) is 27.6 Å². The van der Waals surface area contributed by atoms with Crippen LogP contribution in [0.2, 0.25) is 0 Å². The maximum Gasteiger partial charge on any atom is 0.405 e. The molecule has 11 heteroatoms. The number of amides is 4. The van der Waals surface area contributed by atoms with Gasteiger partial charge < -0.3 is 15.1 Å². The Morgan fingerprint density at radius 2 is 1.89 bits per heavy atom. The second-order valence-corrected chi connectivity index (χ2v) is 6.19. The summed E-state index contributed by atoms with van der Waals surface area (Å²) < 4.78 is 41.1. The molecule has 0 bridgehead atoms. The maximum atomic E-state index is 12.1. The van der Waals surface area contributed by atoms with Crippen molar-refractivity contribution in [3.63, 3.8) is 0 Å². The number of rotatable bonds is 6. The van der Waals surface area contributed by atoms with Gasteiger partial charge in [0.05, 0.1) is 19.4 Å². The Labute approximate surface area is 153 Å². The summed E-state index contributed by atoms with van der Waals surface area (Å²) in [6.45, 7) is -0.390. The second kappa shape index (κ2) is 9.40. The third-order valence-corrected chi connectivity index (χ3v) is 4.04. The van der Waals surface area contributed by atoms with E-state index in [0.29, 0.717) is 38.2 Å². The van der Waals surface area contributed by atoms with E-state index in [0.717, 1.165) is 0 Å². The number of hydrogen-bond acceptors (Lipinski definition) is 5. The van der Waals surface area contributed by atoms with E-state index in [4.69, 9.17) is 4.42 Å².